The maximum absolute atomic E-state index is 6.08. The van der Waals surface area contributed by atoms with E-state index in [-0.39, 0.29) is 0 Å². The zero-order valence-corrected chi connectivity index (χ0v) is 27.2. The Hall–Kier alpha value is -2.71. The van der Waals surface area contributed by atoms with Gasteiger partial charge in [-0.05, 0) is 121 Å². The molecular formula is C38H47O4P. The van der Waals surface area contributed by atoms with Gasteiger partial charge in [-0.1, -0.05) is 57.5 Å². The molecule has 3 aromatic carbocycles. The van der Waals surface area contributed by atoms with Gasteiger partial charge < -0.3 is 18.9 Å². The van der Waals surface area contributed by atoms with E-state index in [4.69, 9.17) is 18.9 Å². The lowest BCUT2D eigenvalue weighted by atomic mass is 9.56. The van der Waals surface area contributed by atoms with Crippen LogP contribution in [-0.4, -0.2) is 39.8 Å². The van der Waals surface area contributed by atoms with Crippen molar-refractivity contribution in [2.45, 2.75) is 75.5 Å². The van der Waals surface area contributed by atoms with E-state index in [0.29, 0.717) is 0 Å². The summed E-state index contributed by atoms with van der Waals surface area (Å²) >= 11 is 0. The van der Waals surface area contributed by atoms with Crippen LogP contribution < -0.4 is 24.3 Å². The van der Waals surface area contributed by atoms with Crippen LogP contribution in [0.5, 0.6) is 23.0 Å². The summed E-state index contributed by atoms with van der Waals surface area (Å²) in [5, 5.41) is 1.52. The van der Waals surface area contributed by atoms with Gasteiger partial charge >= 0.3 is 0 Å². The first-order valence-electron chi connectivity index (χ1n) is 16.5. The third-order valence-corrected chi connectivity index (χ3v) is 14.9. The second-order valence-corrected chi connectivity index (χ2v) is 16.0. The highest BCUT2D eigenvalue weighted by molar-refractivity contribution is 7.67. The quantitative estimate of drug-likeness (QED) is 0.230. The molecule has 5 aliphatic rings. The molecule has 5 fully saturated rings. The summed E-state index contributed by atoms with van der Waals surface area (Å²) in [6, 6.07) is 19.3. The average Bonchev–Trinajstić information content (AvgIpc) is 3.05. The van der Waals surface area contributed by atoms with E-state index in [1.807, 2.05) is 12.1 Å². The lowest BCUT2D eigenvalue weighted by Gasteiger charge is -2.58. The van der Waals surface area contributed by atoms with E-state index in [2.05, 4.69) is 42.5 Å². The molecule has 0 amide bonds. The van der Waals surface area contributed by atoms with E-state index >= 15 is 0 Å². The minimum Gasteiger partial charge on any atom is -0.496 e. The SMILES string of the molecule is COc1cccc(OC)c1-c1cccc(-c2c(OC)cccc2OC)c1P(C1CCCCC1)C1C2CC3CC(C2)CC1C3. The third-order valence-electron chi connectivity index (χ3n) is 11.2. The monoisotopic (exact) mass is 598 g/mol. The Morgan fingerprint density at radius 1 is 0.535 bits per heavy atom. The van der Waals surface area contributed by atoms with Crippen LogP contribution in [0.15, 0.2) is 54.6 Å². The van der Waals surface area contributed by atoms with Crippen LogP contribution in [0, 0.1) is 23.7 Å². The smallest absolute Gasteiger partial charge is 0.130 e. The summed E-state index contributed by atoms with van der Waals surface area (Å²) in [6.07, 6.45) is 14.0. The first-order valence-corrected chi connectivity index (χ1v) is 18.0. The van der Waals surface area contributed by atoms with Gasteiger partial charge in [-0.3, -0.25) is 0 Å². The van der Waals surface area contributed by atoms with E-state index in [0.717, 1.165) is 69.1 Å². The van der Waals surface area contributed by atoms with Crippen molar-refractivity contribution in [3.63, 3.8) is 0 Å². The number of hydrogen-bond acceptors (Lipinski definition) is 4. The van der Waals surface area contributed by atoms with Gasteiger partial charge in [0.25, 0.3) is 0 Å². The van der Waals surface area contributed by atoms with Crippen LogP contribution in [-0.2, 0) is 0 Å². The van der Waals surface area contributed by atoms with Crippen molar-refractivity contribution in [1.29, 1.82) is 0 Å². The van der Waals surface area contributed by atoms with Gasteiger partial charge in [0, 0.05) is 0 Å². The summed E-state index contributed by atoms with van der Waals surface area (Å²) < 4.78 is 24.3. The maximum atomic E-state index is 6.08. The van der Waals surface area contributed by atoms with Gasteiger partial charge in [0.2, 0.25) is 0 Å². The maximum Gasteiger partial charge on any atom is 0.130 e. The molecule has 5 aliphatic carbocycles. The van der Waals surface area contributed by atoms with Crippen LogP contribution in [0.2, 0.25) is 0 Å². The summed E-state index contributed by atoms with van der Waals surface area (Å²) in [6.45, 7) is 0. The van der Waals surface area contributed by atoms with Crippen molar-refractivity contribution >= 4 is 13.2 Å². The van der Waals surface area contributed by atoms with Crippen LogP contribution >= 0.6 is 7.92 Å². The minimum atomic E-state index is -0.504. The largest absolute Gasteiger partial charge is 0.496 e. The Bertz CT molecular complexity index is 1300. The fraction of sp³-hybridized carbons (Fsp3) is 0.526. The molecule has 1 atom stereocenters. The van der Waals surface area contributed by atoms with Gasteiger partial charge in [0.15, 0.2) is 0 Å². The van der Waals surface area contributed by atoms with Crippen LogP contribution in [0.4, 0.5) is 0 Å². The molecule has 1 unspecified atom stereocenters. The summed E-state index contributed by atoms with van der Waals surface area (Å²) in [7, 11) is 6.63. The Balaban J connectivity index is 1.53. The lowest BCUT2D eigenvalue weighted by molar-refractivity contribution is 0.0247. The van der Waals surface area contributed by atoms with Crippen molar-refractivity contribution in [1.82, 2.24) is 0 Å². The topological polar surface area (TPSA) is 36.9 Å². The molecule has 3 aromatic rings. The van der Waals surface area contributed by atoms with Crippen molar-refractivity contribution in [3.8, 4) is 45.3 Å². The molecule has 8 rings (SSSR count). The third kappa shape index (κ3) is 5.12. The molecule has 5 heteroatoms. The van der Waals surface area contributed by atoms with Gasteiger partial charge in [-0.15, -0.1) is 0 Å². The number of benzene rings is 3. The molecule has 4 bridgehead atoms. The van der Waals surface area contributed by atoms with Crippen molar-refractivity contribution in [2.24, 2.45) is 23.7 Å². The molecular weight excluding hydrogens is 551 g/mol. The van der Waals surface area contributed by atoms with E-state index in [1.165, 1.54) is 80.6 Å². The average molecular weight is 599 g/mol. The van der Waals surface area contributed by atoms with Gasteiger partial charge in [-0.2, -0.15) is 0 Å². The van der Waals surface area contributed by atoms with Gasteiger partial charge in [-0.25, -0.2) is 0 Å². The molecule has 0 saturated heterocycles. The van der Waals surface area contributed by atoms with E-state index in [1.54, 1.807) is 28.4 Å². The summed E-state index contributed by atoms with van der Waals surface area (Å²) in [5.74, 6) is 7.10. The number of rotatable bonds is 9. The lowest BCUT2D eigenvalue weighted by Crippen LogP contribution is -2.49. The highest BCUT2D eigenvalue weighted by Gasteiger charge is 2.52. The second-order valence-electron chi connectivity index (χ2n) is 13.4. The highest BCUT2D eigenvalue weighted by atomic mass is 31.1. The van der Waals surface area contributed by atoms with Crippen molar-refractivity contribution in [3.05, 3.63) is 54.6 Å². The fourth-order valence-electron chi connectivity index (χ4n) is 9.74. The zero-order chi connectivity index (χ0) is 29.5. The molecule has 0 aromatic heterocycles. The highest BCUT2D eigenvalue weighted by Crippen LogP contribution is 2.67. The molecule has 0 radical (unpaired) electrons. The van der Waals surface area contributed by atoms with Crippen LogP contribution in [0.3, 0.4) is 0 Å². The normalized spacial score (nSPS) is 27.1. The molecule has 0 spiro atoms. The predicted octanol–water partition coefficient (Wildman–Crippen LogP) is 9.32. The van der Waals surface area contributed by atoms with Gasteiger partial charge in [0.05, 0.1) is 39.6 Å². The Morgan fingerprint density at radius 3 is 1.37 bits per heavy atom. The summed E-state index contributed by atoms with van der Waals surface area (Å²) in [4.78, 5) is 0. The molecule has 228 valence electrons. The van der Waals surface area contributed by atoms with Crippen LogP contribution in [0.25, 0.3) is 22.3 Å². The Morgan fingerprint density at radius 2 is 0.953 bits per heavy atom. The Kier molecular flexibility index (Phi) is 8.34. The van der Waals surface area contributed by atoms with Crippen molar-refractivity contribution in [2.75, 3.05) is 28.4 Å². The molecule has 0 aliphatic heterocycles. The Labute approximate surface area is 259 Å². The molecule has 5 saturated carbocycles. The van der Waals surface area contributed by atoms with E-state index in [9.17, 15) is 0 Å². The standard InChI is InChI=1S/C38H47O4P/c1-39-31-15-9-16-32(40-2)35(31)29-13-8-14-30(36-33(41-3)17-10-18-34(36)42-4)38(29)43(28-11-6-5-7-12-28)37-26-20-24-19-25(22-26)23-27(37)21-24/h8-10,13-18,24-28,37H,5-7,11-12,19-23H2,1-4H3. The number of ether oxygens (including phenoxy) is 4. The summed E-state index contributed by atoms with van der Waals surface area (Å²) in [5.41, 5.74) is 6.19. The fourth-order valence-corrected chi connectivity index (χ4v) is 14.1. The molecule has 4 nitrogen and oxygen atoms in total. The molecule has 0 heterocycles. The van der Waals surface area contributed by atoms with Crippen LogP contribution in [0.1, 0.15) is 64.2 Å². The molecule has 43 heavy (non-hydrogen) atoms. The van der Waals surface area contributed by atoms with E-state index < -0.39 is 7.92 Å². The number of hydrogen-bond donors (Lipinski definition) is 0. The minimum absolute atomic E-state index is 0.504. The number of methoxy groups -OCH3 is 4. The predicted molar refractivity (Wildman–Crippen MR) is 178 cm³/mol. The first kappa shape index (κ1) is 29.0. The second kappa shape index (κ2) is 12.4. The van der Waals surface area contributed by atoms with Crippen molar-refractivity contribution < 1.29 is 18.9 Å². The first-order chi connectivity index (χ1) is 21.1. The molecule has 0 N–H and O–H groups in total. The van der Waals surface area contributed by atoms with Gasteiger partial charge in [0.1, 0.15) is 23.0 Å². The zero-order valence-electron chi connectivity index (χ0n) is 26.3.